The average molecular weight is 169 g/mol. The molecule has 0 heterocycles. The average Bonchev–Trinajstić information content (AvgIpc) is 1.97. The molecule has 0 amide bonds. The Morgan fingerprint density at radius 1 is 0.917 bits per heavy atom. The molecule has 2 rings (SSSR count). The second kappa shape index (κ2) is 3.75. The van der Waals surface area contributed by atoms with Crippen LogP contribution in [-0.2, 0) is 4.74 Å². The van der Waals surface area contributed by atoms with Crippen LogP contribution in [0.1, 0.15) is 44.9 Å². The lowest BCUT2D eigenvalue weighted by molar-refractivity contribution is -0.0669. The first-order chi connectivity index (χ1) is 5.84. The van der Waals surface area contributed by atoms with Gasteiger partial charge in [0.2, 0.25) is 0 Å². The number of hydrogen-bond acceptors (Lipinski definition) is 2. The molecule has 2 fully saturated rings. The van der Waals surface area contributed by atoms with E-state index in [1.165, 1.54) is 38.5 Å². The van der Waals surface area contributed by atoms with E-state index in [1.54, 1.807) is 0 Å². The van der Waals surface area contributed by atoms with E-state index in [4.69, 9.17) is 10.5 Å². The highest BCUT2D eigenvalue weighted by Gasteiger charge is 2.25. The Hall–Kier alpha value is -0.0800. The molecule has 2 atom stereocenters. The monoisotopic (exact) mass is 169 g/mol. The van der Waals surface area contributed by atoms with Crippen LogP contribution in [0.4, 0.5) is 0 Å². The van der Waals surface area contributed by atoms with Crippen molar-refractivity contribution in [2.24, 2.45) is 5.73 Å². The van der Waals surface area contributed by atoms with Crippen LogP contribution in [0, 0.1) is 0 Å². The molecule has 0 radical (unpaired) electrons. The number of hydrogen-bond donors (Lipinski definition) is 1. The first kappa shape index (κ1) is 8.52. The highest BCUT2D eigenvalue weighted by atomic mass is 16.5. The van der Waals surface area contributed by atoms with E-state index in [2.05, 4.69) is 0 Å². The molecule has 2 unspecified atom stereocenters. The number of nitrogens with two attached hydrogens (primary N) is 1. The van der Waals surface area contributed by atoms with Crippen molar-refractivity contribution >= 4 is 0 Å². The first-order valence-corrected chi connectivity index (χ1v) is 5.25. The van der Waals surface area contributed by atoms with E-state index in [-0.39, 0.29) is 0 Å². The van der Waals surface area contributed by atoms with Gasteiger partial charge in [0.15, 0.2) is 0 Å². The van der Waals surface area contributed by atoms with Crippen molar-refractivity contribution in [1.82, 2.24) is 0 Å². The van der Waals surface area contributed by atoms with Gasteiger partial charge in [-0.25, -0.2) is 0 Å². The van der Waals surface area contributed by atoms with Gasteiger partial charge >= 0.3 is 0 Å². The molecule has 2 N–H and O–H groups in total. The van der Waals surface area contributed by atoms with Crippen LogP contribution in [0.15, 0.2) is 0 Å². The summed E-state index contributed by atoms with van der Waals surface area (Å²) in [5.74, 6) is 0. The quantitative estimate of drug-likeness (QED) is 0.684. The second-order valence-corrected chi connectivity index (χ2v) is 4.24. The van der Waals surface area contributed by atoms with E-state index in [1.807, 2.05) is 0 Å². The summed E-state index contributed by atoms with van der Waals surface area (Å²) in [7, 11) is 0. The molecule has 2 nitrogen and oxygen atoms in total. The van der Waals surface area contributed by atoms with Crippen molar-refractivity contribution in [3.8, 4) is 0 Å². The fourth-order valence-corrected chi connectivity index (χ4v) is 2.08. The Kier molecular flexibility index (Phi) is 2.66. The minimum Gasteiger partial charge on any atom is -0.375 e. The Labute approximate surface area is 74.5 Å². The van der Waals surface area contributed by atoms with E-state index < -0.39 is 0 Å². The Balaban J connectivity index is 1.71. The molecule has 2 aliphatic rings. The normalized spacial score (nSPS) is 37.8. The maximum Gasteiger partial charge on any atom is 0.0593 e. The maximum absolute atomic E-state index is 5.92. The van der Waals surface area contributed by atoms with Crippen molar-refractivity contribution in [3.05, 3.63) is 0 Å². The van der Waals surface area contributed by atoms with Gasteiger partial charge in [0.25, 0.3) is 0 Å². The van der Waals surface area contributed by atoms with Crippen molar-refractivity contribution < 1.29 is 4.74 Å². The summed E-state index contributed by atoms with van der Waals surface area (Å²) in [5, 5.41) is 0. The number of ether oxygens (including phenoxy) is 1. The fourth-order valence-electron chi connectivity index (χ4n) is 2.08. The predicted octanol–water partition coefficient (Wildman–Crippen LogP) is 1.83. The summed E-state index contributed by atoms with van der Waals surface area (Å²) >= 11 is 0. The molecule has 0 bridgehead atoms. The van der Waals surface area contributed by atoms with E-state index in [0.29, 0.717) is 18.2 Å². The molecule has 0 aromatic carbocycles. The molecule has 0 aromatic rings. The lowest BCUT2D eigenvalue weighted by Gasteiger charge is -2.34. The minimum absolute atomic E-state index is 0.406. The summed E-state index contributed by atoms with van der Waals surface area (Å²) in [4.78, 5) is 0. The van der Waals surface area contributed by atoms with Crippen LogP contribution in [0.3, 0.4) is 0 Å². The summed E-state index contributed by atoms with van der Waals surface area (Å²) in [6.07, 6.45) is 9.80. The van der Waals surface area contributed by atoms with Gasteiger partial charge in [-0.05, 0) is 44.9 Å². The lowest BCUT2D eigenvalue weighted by Crippen LogP contribution is -2.36. The van der Waals surface area contributed by atoms with Gasteiger partial charge in [-0.2, -0.15) is 0 Å². The van der Waals surface area contributed by atoms with Crippen LogP contribution in [0.25, 0.3) is 0 Å². The topological polar surface area (TPSA) is 35.2 Å². The summed E-state index contributed by atoms with van der Waals surface area (Å²) in [5.41, 5.74) is 5.88. The van der Waals surface area contributed by atoms with Gasteiger partial charge in [0.1, 0.15) is 0 Å². The zero-order chi connectivity index (χ0) is 8.39. The summed E-state index contributed by atoms with van der Waals surface area (Å²) in [6.45, 7) is 0. The van der Waals surface area contributed by atoms with Crippen LogP contribution in [0.2, 0.25) is 0 Å². The fraction of sp³-hybridized carbons (Fsp3) is 1.00. The van der Waals surface area contributed by atoms with Crippen molar-refractivity contribution in [2.75, 3.05) is 0 Å². The molecule has 2 heteroatoms. The molecule has 0 aromatic heterocycles. The molecule has 70 valence electrons. The largest absolute Gasteiger partial charge is 0.375 e. The minimum atomic E-state index is 0.406. The summed E-state index contributed by atoms with van der Waals surface area (Å²) in [6, 6.07) is 0.406. The van der Waals surface area contributed by atoms with Gasteiger partial charge in [-0.1, -0.05) is 0 Å². The Bertz CT molecular complexity index is 145. The van der Waals surface area contributed by atoms with Gasteiger partial charge in [-0.15, -0.1) is 0 Å². The highest BCUT2D eigenvalue weighted by Crippen LogP contribution is 2.28. The van der Waals surface area contributed by atoms with E-state index in [9.17, 15) is 0 Å². The Morgan fingerprint density at radius 2 is 1.58 bits per heavy atom. The molecule has 0 saturated heterocycles. The zero-order valence-corrected chi connectivity index (χ0v) is 7.67. The molecule has 0 aliphatic heterocycles. The molecule has 0 spiro atoms. The van der Waals surface area contributed by atoms with Crippen LogP contribution in [0.5, 0.6) is 0 Å². The third-order valence-electron chi connectivity index (χ3n) is 3.10. The lowest BCUT2D eigenvalue weighted by atomic mass is 9.91. The summed E-state index contributed by atoms with van der Waals surface area (Å²) < 4.78 is 5.92. The SMILES string of the molecule is NC1CCCC(OC2CCC2)C1. The standard InChI is InChI=1S/C10H19NO/c11-8-3-1-6-10(7-8)12-9-4-2-5-9/h8-10H,1-7,11H2. The van der Waals surface area contributed by atoms with E-state index in [0.717, 1.165) is 6.42 Å². The molecule has 2 aliphatic carbocycles. The van der Waals surface area contributed by atoms with Crippen molar-refractivity contribution in [3.63, 3.8) is 0 Å². The predicted molar refractivity (Wildman–Crippen MR) is 49.0 cm³/mol. The zero-order valence-electron chi connectivity index (χ0n) is 7.67. The molecule has 2 saturated carbocycles. The third kappa shape index (κ3) is 1.99. The first-order valence-electron chi connectivity index (χ1n) is 5.25. The highest BCUT2D eigenvalue weighted by molar-refractivity contribution is 4.78. The third-order valence-corrected chi connectivity index (χ3v) is 3.10. The molecule has 12 heavy (non-hydrogen) atoms. The number of rotatable bonds is 2. The Morgan fingerprint density at radius 3 is 2.17 bits per heavy atom. The van der Waals surface area contributed by atoms with Crippen molar-refractivity contribution in [1.29, 1.82) is 0 Å². The van der Waals surface area contributed by atoms with E-state index >= 15 is 0 Å². The van der Waals surface area contributed by atoms with Crippen LogP contribution >= 0.6 is 0 Å². The van der Waals surface area contributed by atoms with Gasteiger partial charge in [0.05, 0.1) is 12.2 Å². The van der Waals surface area contributed by atoms with Gasteiger partial charge in [-0.3, -0.25) is 0 Å². The molecular weight excluding hydrogens is 150 g/mol. The smallest absolute Gasteiger partial charge is 0.0593 e. The second-order valence-electron chi connectivity index (χ2n) is 4.24. The van der Waals surface area contributed by atoms with Crippen molar-refractivity contribution in [2.45, 2.75) is 63.2 Å². The van der Waals surface area contributed by atoms with Crippen LogP contribution < -0.4 is 5.73 Å². The van der Waals surface area contributed by atoms with Gasteiger partial charge in [0, 0.05) is 6.04 Å². The maximum atomic E-state index is 5.92. The van der Waals surface area contributed by atoms with Gasteiger partial charge < -0.3 is 10.5 Å². The van der Waals surface area contributed by atoms with Crippen LogP contribution in [-0.4, -0.2) is 18.2 Å². The molecular formula is C10H19NO.